The summed E-state index contributed by atoms with van der Waals surface area (Å²) in [5, 5.41) is 11.6. The molecule has 0 aromatic rings. The van der Waals surface area contributed by atoms with Crippen molar-refractivity contribution in [2.45, 2.75) is 39.3 Å². The number of carboxylic acid groups (broad SMARTS) is 1. The Morgan fingerprint density at radius 3 is 2.54 bits per heavy atom. The van der Waals surface area contributed by atoms with Gasteiger partial charge in [-0.05, 0) is 20.3 Å². The van der Waals surface area contributed by atoms with Gasteiger partial charge in [0.2, 0.25) is 0 Å². The molecule has 4 heteroatoms. The molecule has 78 valence electrons. The van der Waals surface area contributed by atoms with Gasteiger partial charge < -0.3 is 15.2 Å². The maximum absolute atomic E-state index is 10.6. The van der Waals surface area contributed by atoms with Gasteiger partial charge in [-0.1, -0.05) is 6.92 Å². The van der Waals surface area contributed by atoms with Crippen LogP contribution in [0.3, 0.4) is 0 Å². The van der Waals surface area contributed by atoms with Crippen LogP contribution in [0.2, 0.25) is 0 Å². The normalized spacial score (nSPS) is 15.3. The molecular formula is C9H19NO3. The van der Waals surface area contributed by atoms with Crippen molar-refractivity contribution in [3.63, 3.8) is 0 Å². The fourth-order valence-electron chi connectivity index (χ4n) is 1.06. The first-order valence-corrected chi connectivity index (χ1v) is 4.69. The third-order valence-electron chi connectivity index (χ3n) is 1.81. The van der Waals surface area contributed by atoms with E-state index in [1.807, 2.05) is 20.8 Å². The van der Waals surface area contributed by atoms with Gasteiger partial charge in [-0.25, -0.2) is 0 Å². The summed E-state index contributed by atoms with van der Waals surface area (Å²) in [7, 11) is 0. The van der Waals surface area contributed by atoms with Gasteiger partial charge in [-0.2, -0.15) is 0 Å². The first-order chi connectivity index (χ1) is 6.11. The minimum atomic E-state index is -0.800. The summed E-state index contributed by atoms with van der Waals surface area (Å²) in [6.07, 6.45) is 0.659. The van der Waals surface area contributed by atoms with Crippen LogP contribution in [0.5, 0.6) is 0 Å². The molecule has 0 aliphatic carbocycles. The van der Waals surface area contributed by atoms with Gasteiger partial charge in [0.25, 0.3) is 0 Å². The summed E-state index contributed by atoms with van der Waals surface area (Å²) in [4.78, 5) is 10.6. The summed E-state index contributed by atoms with van der Waals surface area (Å²) in [5.74, 6) is -0.800. The fourth-order valence-corrected chi connectivity index (χ4v) is 1.06. The number of aliphatic carboxylic acids is 1. The van der Waals surface area contributed by atoms with E-state index in [-0.39, 0.29) is 6.10 Å². The highest BCUT2D eigenvalue weighted by atomic mass is 16.5. The van der Waals surface area contributed by atoms with Crippen LogP contribution in [0.25, 0.3) is 0 Å². The van der Waals surface area contributed by atoms with Crippen LogP contribution in [0, 0.1) is 0 Å². The first kappa shape index (κ1) is 12.4. The minimum Gasteiger partial charge on any atom is -0.480 e. The summed E-state index contributed by atoms with van der Waals surface area (Å²) in [6.45, 7) is 6.93. The van der Waals surface area contributed by atoms with E-state index in [0.29, 0.717) is 19.6 Å². The molecule has 0 spiro atoms. The first-order valence-electron chi connectivity index (χ1n) is 4.69. The number of nitrogens with one attached hydrogen (secondary N) is 1. The van der Waals surface area contributed by atoms with E-state index in [9.17, 15) is 4.79 Å². The second kappa shape index (κ2) is 6.86. The molecule has 0 aliphatic heterocycles. The van der Waals surface area contributed by atoms with E-state index in [4.69, 9.17) is 9.84 Å². The largest absolute Gasteiger partial charge is 0.480 e. The van der Waals surface area contributed by atoms with Crippen LogP contribution in [-0.2, 0) is 9.53 Å². The lowest BCUT2D eigenvalue weighted by molar-refractivity contribution is -0.139. The van der Waals surface area contributed by atoms with Crippen LogP contribution < -0.4 is 5.32 Å². The van der Waals surface area contributed by atoms with Gasteiger partial charge in [0, 0.05) is 13.2 Å². The van der Waals surface area contributed by atoms with Crippen molar-refractivity contribution >= 4 is 5.97 Å². The van der Waals surface area contributed by atoms with E-state index in [2.05, 4.69) is 5.32 Å². The topological polar surface area (TPSA) is 58.6 Å². The molecule has 0 aliphatic rings. The van der Waals surface area contributed by atoms with Crippen molar-refractivity contribution in [1.29, 1.82) is 0 Å². The molecule has 4 nitrogen and oxygen atoms in total. The fraction of sp³-hybridized carbons (Fsp3) is 0.889. The van der Waals surface area contributed by atoms with E-state index >= 15 is 0 Å². The molecule has 0 saturated carbocycles. The van der Waals surface area contributed by atoms with Crippen LogP contribution >= 0.6 is 0 Å². The van der Waals surface area contributed by atoms with Gasteiger partial charge in [0.05, 0.1) is 6.10 Å². The average Bonchev–Trinajstić information content (AvgIpc) is 2.05. The zero-order valence-electron chi connectivity index (χ0n) is 8.54. The van der Waals surface area contributed by atoms with Crippen molar-refractivity contribution in [3.8, 4) is 0 Å². The lowest BCUT2D eigenvalue weighted by Gasteiger charge is -2.16. The summed E-state index contributed by atoms with van der Waals surface area (Å²) >= 11 is 0. The van der Waals surface area contributed by atoms with Crippen molar-refractivity contribution < 1.29 is 14.6 Å². The molecule has 0 heterocycles. The Kier molecular flexibility index (Phi) is 6.54. The van der Waals surface area contributed by atoms with Crippen molar-refractivity contribution in [2.75, 3.05) is 13.2 Å². The van der Waals surface area contributed by atoms with E-state index in [0.717, 1.165) is 0 Å². The molecule has 0 bridgehead atoms. The number of ether oxygens (including phenoxy) is 1. The van der Waals surface area contributed by atoms with Crippen molar-refractivity contribution in [1.82, 2.24) is 5.32 Å². The Morgan fingerprint density at radius 1 is 1.54 bits per heavy atom. The molecule has 2 unspecified atom stereocenters. The van der Waals surface area contributed by atoms with Crippen molar-refractivity contribution in [2.24, 2.45) is 0 Å². The number of carboxylic acids is 1. The van der Waals surface area contributed by atoms with Crippen LogP contribution in [0.15, 0.2) is 0 Å². The quantitative estimate of drug-likeness (QED) is 0.623. The molecular weight excluding hydrogens is 170 g/mol. The molecule has 0 aromatic carbocycles. The molecule has 0 aromatic heterocycles. The Morgan fingerprint density at radius 2 is 2.15 bits per heavy atom. The van der Waals surface area contributed by atoms with E-state index < -0.39 is 12.0 Å². The van der Waals surface area contributed by atoms with Crippen LogP contribution in [0.1, 0.15) is 27.2 Å². The third kappa shape index (κ3) is 5.60. The Hall–Kier alpha value is -0.610. The third-order valence-corrected chi connectivity index (χ3v) is 1.81. The highest BCUT2D eigenvalue weighted by Gasteiger charge is 2.14. The SMILES string of the molecule is CCOC(C)CNC(CC)C(=O)O. The Labute approximate surface area is 79.3 Å². The maximum Gasteiger partial charge on any atom is 0.320 e. The van der Waals surface area contributed by atoms with E-state index in [1.54, 1.807) is 0 Å². The van der Waals surface area contributed by atoms with Gasteiger partial charge in [0.1, 0.15) is 6.04 Å². The zero-order valence-corrected chi connectivity index (χ0v) is 8.54. The monoisotopic (exact) mass is 189 g/mol. The Balaban J connectivity index is 3.65. The highest BCUT2D eigenvalue weighted by molar-refractivity contribution is 5.73. The molecule has 13 heavy (non-hydrogen) atoms. The second-order valence-corrected chi connectivity index (χ2v) is 2.97. The smallest absolute Gasteiger partial charge is 0.320 e. The number of rotatable bonds is 7. The standard InChI is InChI=1S/C9H19NO3/c1-4-8(9(11)12)10-6-7(3)13-5-2/h7-8,10H,4-6H2,1-3H3,(H,11,12). The van der Waals surface area contributed by atoms with Gasteiger partial charge in [-0.15, -0.1) is 0 Å². The van der Waals surface area contributed by atoms with E-state index in [1.165, 1.54) is 0 Å². The molecule has 0 fully saturated rings. The summed E-state index contributed by atoms with van der Waals surface area (Å²) in [5.41, 5.74) is 0. The molecule has 2 atom stereocenters. The molecule has 0 radical (unpaired) electrons. The summed E-state index contributed by atoms with van der Waals surface area (Å²) in [6, 6.07) is -0.456. The highest BCUT2D eigenvalue weighted by Crippen LogP contribution is 1.93. The molecule has 2 N–H and O–H groups in total. The Bertz CT molecular complexity index is 150. The minimum absolute atomic E-state index is 0.0680. The van der Waals surface area contributed by atoms with Crippen molar-refractivity contribution in [3.05, 3.63) is 0 Å². The van der Waals surface area contributed by atoms with Gasteiger partial charge >= 0.3 is 5.97 Å². The zero-order chi connectivity index (χ0) is 10.3. The second-order valence-electron chi connectivity index (χ2n) is 2.97. The maximum atomic E-state index is 10.6. The van der Waals surface area contributed by atoms with Crippen LogP contribution in [-0.4, -0.2) is 36.4 Å². The number of carbonyl (C=O) groups is 1. The van der Waals surface area contributed by atoms with Gasteiger partial charge in [0.15, 0.2) is 0 Å². The van der Waals surface area contributed by atoms with Crippen LogP contribution in [0.4, 0.5) is 0 Å². The number of hydrogen-bond donors (Lipinski definition) is 2. The van der Waals surface area contributed by atoms with Gasteiger partial charge in [-0.3, -0.25) is 4.79 Å². The predicted octanol–water partition coefficient (Wildman–Crippen LogP) is 0.864. The number of hydrogen-bond acceptors (Lipinski definition) is 3. The molecule has 0 amide bonds. The molecule has 0 saturated heterocycles. The predicted molar refractivity (Wildman–Crippen MR) is 50.8 cm³/mol. The average molecular weight is 189 g/mol. The lowest BCUT2D eigenvalue weighted by atomic mass is 10.2. The molecule has 0 rings (SSSR count). The lowest BCUT2D eigenvalue weighted by Crippen LogP contribution is -2.40. The summed E-state index contributed by atoms with van der Waals surface area (Å²) < 4.78 is 5.26.